The second-order valence-electron chi connectivity index (χ2n) is 3.39. The first-order valence-corrected chi connectivity index (χ1v) is 6.73. The maximum atomic E-state index is 11.8. The third-order valence-corrected chi connectivity index (χ3v) is 3.83. The predicted molar refractivity (Wildman–Crippen MR) is 65.5 cm³/mol. The topological polar surface area (TPSA) is 80.1 Å². The van der Waals surface area contributed by atoms with Gasteiger partial charge < -0.3 is 0 Å². The number of sulfonamides is 1. The fourth-order valence-corrected chi connectivity index (χ4v) is 2.86. The number of fused-ring (bicyclic) bond motifs is 1. The lowest BCUT2D eigenvalue weighted by molar-refractivity contribution is 0.360. The van der Waals surface area contributed by atoms with Gasteiger partial charge in [0.2, 0.25) is 15.8 Å². The predicted octanol–water partition coefficient (Wildman–Crippen LogP) is 2.94. The van der Waals surface area contributed by atoms with Gasteiger partial charge in [-0.2, -0.15) is 0 Å². The van der Waals surface area contributed by atoms with Crippen molar-refractivity contribution in [3.05, 3.63) is 34.3 Å². The molecule has 0 aliphatic rings. The molecule has 0 saturated heterocycles. The average Bonchev–Trinajstić information content (AvgIpc) is 2.24. The lowest BCUT2D eigenvalue weighted by Crippen LogP contribution is -2.12. The Balaban J connectivity index is 3.09. The summed E-state index contributed by atoms with van der Waals surface area (Å²) in [5.41, 5.74) is 0. The third kappa shape index (κ3) is 2.07. The zero-order chi connectivity index (χ0) is 12.8. The van der Waals surface area contributed by atoms with Crippen LogP contribution in [-0.2, 0) is 15.1 Å². The van der Waals surface area contributed by atoms with Gasteiger partial charge in [0, 0.05) is 5.39 Å². The Morgan fingerprint density at radius 1 is 1.12 bits per heavy atom. The molecule has 0 atom stereocenters. The number of hydrogen-bond donors (Lipinski definition) is 1. The molecule has 89 valence electrons. The van der Waals surface area contributed by atoms with Crippen molar-refractivity contribution in [1.29, 1.82) is 0 Å². The summed E-state index contributed by atoms with van der Waals surface area (Å²) in [6.45, 7) is 0. The van der Waals surface area contributed by atoms with Crippen LogP contribution in [0, 0.1) is 0 Å². The van der Waals surface area contributed by atoms with E-state index in [0.717, 1.165) is 0 Å². The largest absolute Gasteiger partial charge is 0.288 e. The van der Waals surface area contributed by atoms with Crippen LogP contribution in [-0.4, -0.2) is 8.42 Å². The van der Waals surface area contributed by atoms with Gasteiger partial charge in [0.15, 0.2) is 0 Å². The molecule has 7 heteroatoms. The number of benzene rings is 2. The Kier molecular flexibility index (Phi) is 2.95. The summed E-state index contributed by atoms with van der Waals surface area (Å²) in [6, 6.07) is 5.51. The van der Waals surface area contributed by atoms with Gasteiger partial charge >= 0.3 is 0 Å². The molecule has 17 heavy (non-hydrogen) atoms. The highest BCUT2D eigenvalue weighted by Crippen LogP contribution is 2.40. The SMILES string of the molecule is NS(=O)(=O)c1cccc2c(Cl)cc(Cl)c([O])c12. The van der Waals surface area contributed by atoms with Gasteiger partial charge in [-0.3, -0.25) is 5.11 Å². The van der Waals surface area contributed by atoms with Crippen molar-refractivity contribution in [2.24, 2.45) is 5.14 Å². The molecule has 0 aliphatic carbocycles. The lowest BCUT2D eigenvalue weighted by Gasteiger charge is -2.07. The van der Waals surface area contributed by atoms with E-state index in [1.165, 1.54) is 24.3 Å². The standard InChI is InChI=1S/C10H6Cl2NO3S/c11-6-4-7(12)10(14)9-5(6)2-1-3-8(9)17(13,15)16/h1-4H,(H2,13,15,16). The van der Waals surface area contributed by atoms with Crippen molar-refractivity contribution in [3.63, 3.8) is 0 Å². The van der Waals surface area contributed by atoms with Crippen molar-refractivity contribution in [2.75, 3.05) is 0 Å². The quantitative estimate of drug-likeness (QED) is 0.876. The summed E-state index contributed by atoms with van der Waals surface area (Å²) in [6.07, 6.45) is 0. The molecule has 1 radical (unpaired) electrons. The molecule has 0 saturated carbocycles. The van der Waals surface area contributed by atoms with Gasteiger partial charge in [0.1, 0.15) is 0 Å². The highest BCUT2D eigenvalue weighted by atomic mass is 35.5. The van der Waals surface area contributed by atoms with Crippen molar-refractivity contribution in [2.45, 2.75) is 4.90 Å². The molecule has 0 spiro atoms. The summed E-state index contributed by atoms with van der Waals surface area (Å²) in [5, 5.41) is 17.2. The zero-order valence-electron chi connectivity index (χ0n) is 8.28. The lowest BCUT2D eigenvalue weighted by atomic mass is 10.1. The third-order valence-electron chi connectivity index (χ3n) is 2.29. The van der Waals surface area contributed by atoms with Crippen molar-refractivity contribution < 1.29 is 13.5 Å². The van der Waals surface area contributed by atoms with E-state index in [1.54, 1.807) is 0 Å². The van der Waals surface area contributed by atoms with E-state index in [0.29, 0.717) is 5.39 Å². The molecular weight excluding hydrogens is 285 g/mol. The number of nitrogens with two attached hydrogens (primary N) is 1. The fourth-order valence-electron chi connectivity index (χ4n) is 1.58. The molecule has 0 bridgehead atoms. The van der Waals surface area contributed by atoms with E-state index in [-0.39, 0.29) is 20.3 Å². The van der Waals surface area contributed by atoms with E-state index in [4.69, 9.17) is 28.3 Å². The maximum absolute atomic E-state index is 11.8. The van der Waals surface area contributed by atoms with E-state index < -0.39 is 15.8 Å². The molecule has 2 rings (SSSR count). The van der Waals surface area contributed by atoms with Crippen LogP contribution >= 0.6 is 23.2 Å². The minimum Gasteiger partial charge on any atom is -0.288 e. The van der Waals surface area contributed by atoms with Gasteiger partial charge in [-0.1, -0.05) is 35.3 Å². The van der Waals surface area contributed by atoms with Crippen molar-refractivity contribution >= 4 is 44.0 Å². The van der Waals surface area contributed by atoms with E-state index in [2.05, 4.69) is 0 Å². The molecule has 2 N–H and O–H groups in total. The molecule has 4 nitrogen and oxygen atoms in total. The molecule has 0 heterocycles. The summed E-state index contributed by atoms with van der Waals surface area (Å²) in [7, 11) is -4.00. The Hall–Kier alpha value is -1.01. The van der Waals surface area contributed by atoms with Gasteiger partial charge in [-0.15, -0.1) is 0 Å². The summed E-state index contributed by atoms with van der Waals surface area (Å²) < 4.78 is 22.7. The second kappa shape index (κ2) is 4.03. The van der Waals surface area contributed by atoms with Gasteiger partial charge in [0.05, 0.1) is 20.3 Å². The van der Waals surface area contributed by atoms with Crippen LogP contribution in [0.15, 0.2) is 29.2 Å². The van der Waals surface area contributed by atoms with Crippen LogP contribution in [0.3, 0.4) is 0 Å². The molecule has 0 unspecified atom stereocenters. The molecule has 2 aromatic rings. The second-order valence-corrected chi connectivity index (χ2v) is 5.74. The Bertz CT molecular complexity index is 713. The minimum absolute atomic E-state index is 0.0764. The number of rotatable bonds is 1. The minimum atomic E-state index is -4.00. The van der Waals surface area contributed by atoms with Gasteiger partial charge in [-0.05, 0) is 12.1 Å². The number of primary sulfonamides is 1. The fraction of sp³-hybridized carbons (Fsp3) is 0. The van der Waals surface area contributed by atoms with E-state index in [9.17, 15) is 13.5 Å². The van der Waals surface area contributed by atoms with Gasteiger partial charge in [0.25, 0.3) is 0 Å². The molecule has 0 fully saturated rings. The molecule has 0 aliphatic heterocycles. The van der Waals surface area contributed by atoms with Crippen LogP contribution in [0.25, 0.3) is 10.8 Å². The van der Waals surface area contributed by atoms with Crippen LogP contribution in [0.5, 0.6) is 5.75 Å². The van der Waals surface area contributed by atoms with E-state index >= 15 is 0 Å². The summed E-state index contributed by atoms with van der Waals surface area (Å²) >= 11 is 11.6. The Morgan fingerprint density at radius 2 is 1.76 bits per heavy atom. The first kappa shape index (κ1) is 12.4. The maximum Gasteiger partial charge on any atom is 0.238 e. The van der Waals surface area contributed by atoms with Crippen molar-refractivity contribution in [1.82, 2.24) is 0 Å². The van der Waals surface area contributed by atoms with E-state index in [1.807, 2.05) is 0 Å². The Morgan fingerprint density at radius 3 is 2.35 bits per heavy atom. The van der Waals surface area contributed by atoms with Crippen LogP contribution in [0.2, 0.25) is 10.0 Å². The average molecular weight is 291 g/mol. The molecule has 0 aromatic heterocycles. The first-order valence-electron chi connectivity index (χ1n) is 4.43. The van der Waals surface area contributed by atoms with Gasteiger partial charge in [-0.25, -0.2) is 13.6 Å². The normalized spacial score (nSPS) is 11.9. The zero-order valence-corrected chi connectivity index (χ0v) is 10.6. The van der Waals surface area contributed by atoms with Crippen LogP contribution in [0.1, 0.15) is 0 Å². The molecule has 0 amide bonds. The molecule has 2 aromatic carbocycles. The number of hydrogen-bond acceptors (Lipinski definition) is 2. The monoisotopic (exact) mass is 290 g/mol. The number of halogens is 2. The summed E-state index contributed by atoms with van der Waals surface area (Å²) in [4.78, 5) is -0.274. The van der Waals surface area contributed by atoms with Crippen LogP contribution in [0.4, 0.5) is 0 Å². The van der Waals surface area contributed by atoms with Crippen LogP contribution < -0.4 is 5.14 Å². The Labute approximate surface area is 108 Å². The smallest absolute Gasteiger partial charge is 0.238 e. The first-order chi connectivity index (χ1) is 7.82. The molecular formula is C10H6Cl2NO3S. The summed E-state index contributed by atoms with van der Waals surface area (Å²) in [5.74, 6) is -0.601. The highest BCUT2D eigenvalue weighted by Gasteiger charge is 2.19. The van der Waals surface area contributed by atoms with Crippen molar-refractivity contribution in [3.8, 4) is 5.75 Å². The highest BCUT2D eigenvalue weighted by molar-refractivity contribution is 7.89.